The molecule has 1 aromatic heterocycles. The molecule has 2 aromatic rings. The number of aromatic hydroxyl groups is 1. The number of aromatic nitrogens is 1. The van der Waals surface area contributed by atoms with Crippen LogP contribution in [0.15, 0.2) is 16.7 Å². The van der Waals surface area contributed by atoms with E-state index in [2.05, 4.69) is 5.16 Å². The first kappa shape index (κ1) is 11.1. The number of nitrogen functional groups attached to an aromatic ring is 1. The van der Waals surface area contributed by atoms with Gasteiger partial charge >= 0.3 is 0 Å². The van der Waals surface area contributed by atoms with Crippen LogP contribution in [0.4, 0.5) is 5.82 Å². The fourth-order valence-corrected chi connectivity index (χ4v) is 2.81. The third-order valence-corrected chi connectivity index (χ3v) is 3.68. The number of rotatable bonds is 1. The van der Waals surface area contributed by atoms with Crippen LogP contribution >= 0.6 is 0 Å². The lowest BCUT2D eigenvalue weighted by Gasteiger charge is -2.20. The fraction of sp³-hybridized carbons (Fsp3) is 0.357. The molecule has 3 N–H and O–H groups in total. The molecular weight excluding hydrogens is 228 g/mol. The minimum atomic E-state index is 0.254. The van der Waals surface area contributed by atoms with Gasteiger partial charge in [0.2, 0.25) is 0 Å². The lowest BCUT2D eigenvalue weighted by Crippen LogP contribution is -2.05. The van der Waals surface area contributed by atoms with Crippen molar-refractivity contribution in [3.63, 3.8) is 0 Å². The van der Waals surface area contributed by atoms with Crippen molar-refractivity contribution in [1.29, 1.82) is 0 Å². The molecule has 0 amide bonds. The first-order valence-corrected chi connectivity index (χ1v) is 6.23. The predicted molar refractivity (Wildman–Crippen MR) is 69.4 cm³/mol. The molecule has 0 spiro atoms. The Hall–Kier alpha value is -1.97. The first-order chi connectivity index (χ1) is 8.66. The number of phenols is 1. The minimum Gasteiger partial charge on any atom is -0.507 e. The molecule has 1 aliphatic rings. The predicted octanol–water partition coefficient (Wildman–Crippen LogP) is 2.82. The molecule has 4 nitrogen and oxygen atoms in total. The molecule has 18 heavy (non-hydrogen) atoms. The molecule has 0 atom stereocenters. The van der Waals surface area contributed by atoms with Crippen LogP contribution in [0.5, 0.6) is 5.75 Å². The molecule has 1 aliphatic carbocycles. The monoisotopic (exact) mass is 244 g/mol. The highest BCUT2D eigenvalue weighted by Gasteiger charge is 2.20. The number of benzene rings is 1. The Morgan fingerprint density at radius 3 is 2.78 bits per heavy atom. The molecule has 0 unspecified atom stereocenters. The van der Waals surface area contributed by atoms with Crippen LogP contribution in [0.25, 0.3) is 11.3 Å². The molecule has 4 heteroatoms. The minimum absolute atomic E-state index is 0.254. The molecule has 3 rings (SSSR count). The molecule has 0 saturated carbocycles. The van der Waals surface area contributed by atoms with E-state index >= 15 is 0 Å². The summed E-state index contributed by atoms with van der Waals surface area (Å²) in [6, 6.07) is 3.51. The zero-order chi connectivity index (χ0) is 12.7. The van der Waals surface area contributed by atoms with Gasteiger partial charge in [0.15, 0.2) is 11.6 Å². The summed E-state index contributed by atoms with van der Waals surface area (Å²) >= 11 is 0. The highest BCUT2D eigenvalue weighted by atomic mass is 16.5. The summed E-state index contributed by atoms with van der Waals surface area (Å²) in [6.07, 6.45) is 4.51. The molecule has 0 bridgehead atoms. The van der Waals surface area contributed by atoms with Gasteiger partial charge in [-0.3, -0.25) is 0 Å². The third kappa shape index (κ3) is 1.65. The average molecular weight is 244 g/mol. The second-order valence-corrected chi connectivity index (χ2v) is 4.86. The Kier molecular flexibility index (Phi) is 2.51. The summed E-state index contributed by atoms with van der Waals surface area (Å²) in [7, 11) is 0. The number of hydrogen-bond donors (Lipinski definition) is 2. The zero-order valence-corrected chi connectivity index (χ0v) is 10.4. The van der Waals surface area contributed by atoms with Crippen molar-refractivity contribution in [3.05, 3.63) is 28.8 Å². The van der Waals surface area contributed by atoms with E-state index in [1.807, 2.05) is 13.0 Å². The average Bonchev–Trinajstić information content (AvgIpc) is 2.76. The van der Waals surface area contributed by atoms with E-state index in [0.29, 0.717) is 11.6 Å². The van der Waals surface area contributed by atoms with E-state index in [4.69, 9.17) is 10.3 Å². The van der Waals surface area contributed by atoms with Gasteiger partial charge in [-0.05, 0) is 55.4 Å². The Morgan fingerprint density at radius 2 is 2.06 bits per heavy atom. The number of aryl methyl sites for hydroxylation is 1. The van der Waals surface area contributed by atoms with Crippen LogP contribution in [0.1, 0.15) is 29.5 Å². The van der Waals surface area contributed by atoms with Gasteiger partial charge < -0.3 is 15.4 Å². The van der Waals surface area contributed by atoms with Crippen molar-refractivity contribution in [2.45, 2.75) is 32.6 Å². The van der Waals surface area contributed by atoms with Gasteiger partial charge in [0.1, 0.15) is 5.75 Å². The van der Waals surface area contributed by atoms with E-state index in [-0.39, 0.29) is 5.75 Å². The molecule has 0 radical (unpaired) electrons. The maximum absolute atomic E-state index is 10.2. The largest absolute Gasteiger partial charge is 0.507 e. The van der Waals surface area contributed by atoms with Crippen molar-refractivity contribution in [2.75, 3.05) is 5.73 Å². The number of anilines is 1. The van der Waals surface area contributed by atoms with Gasteiger partial charge in [-0.25, -0.2) is 0 Å². The van der Waals surface area contributed by atoms with Gasteiger partial charge in [-0.1, -0.05) is 5.16 Å². The summed E-state index contributed by atoms with van der Waals surface area (Å²) in [5, 5.41) is 13.9. The highest BCUT2D eigenvalue weighted by Crippen LogP contribution is 2.39. The van der Waals surface area contributed by atoms with Crippen molar-refractivity contribution < 1.29 is 9.63 Å². The lowest BCUT2D eigenvalue weighted by molar-refractivity contribution is 0.428. The van der Waals surface area contributed by atoms with Gasteiger partial charge in [0.25, 0.3) is 0 Å². The third-order valence-electron chi connectivity index (χ3n) is 3.68. The number of nitrogens with zero attached hydrogens (tertiary/aromatic N) is 1. The maximum Gasteiger partial charge on any atom is 0.173 e. The van der Waals surface area contributed by atoms with Crippen LogP contribution in [-0.4, -0.2) is 10.3 Å². The standard InChI is InChI=1S/C14H16N2O2/c1-8-10-5-3-2-4-9(10)6-11(17)14(8)12-7-13(15)16-18-12/h6-7,17H,2-5H2,1H3,(H2,15,16). The van der Waals surface area contributed by atoms with E-state index in [0.717, 1.165) is 24.0 Å². The Bertz CT molecular complexity index is 602. The van der Waals surface area contributed by atoms with Crippen LogP contribution in [0, 0.1) is 6.92 Å². The molecule has 0 saturated heterocycles. The Morgan fingerprint density at radius 1 is 1.28 bits per heavy atom. The van der Waals surface area contributed by atoms with E-state index in [9.17, 15) is 5.11 Å². The maximum atomic E-state index is 10.2. The van der Waals surface area contributed by atoms with E-state index < -0.39 is 0 Å². The second-order valence-electron chi connectivity index (χ2n) is 4.86. The quantitative estimate of drug-likeness (QED) is 0.809. The van der Waals surface area contributed by atoms with Crippen LogP contribution in [0.2, 0.25) is 0 Å². The van der Waals surface area contributed by atoms with Crippen molar-refractivity contribution >= 4 is 5.82 Å². The highest BCUT2D eigenvalue weighted by molar-refractivity contribution is 5.73. The molecular formula is C14H16N2O2. The van der Waals surface area contributed by atoms with Gasteiger partial charge in [0.05, 0.1) is 5.56 Å². The Balaban J connectivity index is 2.20. The smallest absolute Gasteiger partial charge is 0.173 e. The topological polar surface area (TPSA) is 72.3 Å². The molecule has 0 aliphatic heterocycles. The molecule has 94 valence electrons. The van der Waals surface area contributed by atoms with Crippen LogP contribution in [0.3, 0.4) is 0 Å². The van der Waals surface area contributed by atoms with Gasteiger partial charge in [0, 0.05) is 6.07 Å². The first-order valence-electron chi connectivity index (χ1n) is 6.23. The summed E-state index contributed by atoms with van der Waals surface area (Å²) in [4.78, 5) is 0. The number of phenolic OH excluding ortho intramolecular Hbond substituents is 1. The van der Waals surface area contributed by atoms with Gasteiger partial charge in [-0.15, -0.1) is 0 Å². The fourth-order valence-electron chi connectivity index (χ4n) is 2.81. The summed E-state index contributed by atoms with van der Waals surface area (Å²) in [5.41, 5.74) is 9.97. The Labute approximate surface area is 105 Å². The number of nitrogens with two attached hydrogens (primary N) is 1. The molecule has 1 heterocycles. The van der Waals surface area contributed by atoms with Crippen molar-refractivity contribution in [2.24, 2.45) is 0 Å². The molecule has 0 fully saturated rings. The normalized spacial score (nSPS) is 14.5. The van der Waals surface area contributed by atoms with Crippen molar-refractivity contribution in [1.82, 2.24) is 5.16 Å². The second kappa shape index (κ2) is 4.05. The summed E-state index contributed by atoms with van der Waals surface area (Å²) < 4.78 is 5.17. The van der Waals surface area contributed by atoms with Crippen LogP contribution < -0.4 is 5.73 Å². The summed E-state index contributed by atoms with van der Waals surface area (Å²) in [6.45, 7) is 2.03. The van der Waals surface area contributed by atoms with Gasteiger partial charge in [-0.2, -0.15) is 0 Å². The van der Waals surface area contributed by atoms with E-state index in [1.54, 1.807) is 6.07 Å². The lowest BCUT2D eigenvalue weighted by atomic mass is 9.85. The number of hydrogen-bond acceptors (Lipinski definition) is 4. The van der Waals surface area contributed by atoms with Crippen molar-refractivity contribution in [3.8, 4) is 17.1 Å². The number of fused-ring (bicyclic) bond motifs is 1. The summed E-state index contributed by atoms with van der Waals surface area (Å²) in [5.74, 6) is 1.13. The molecule has 1 aromatic carbocycles. The van der Waals surface area contributed by atoms with Crippen LogP contribution in [-0.2, 0) is 12.8 Å². The van der Waals surface area contributed by atoms with E-state index in [1.165, 1.54) is 24.0 Å². The SMILES string of the molecule is Cc1c2c(cc(O)c1-c1cc(N)no1)CCCC2. The zero-order valence-electron chi connectivity index (χ0n) is 10.4.